The van der Waals surface area contributed by atoms with E-state index in [2.05, 4.69) is 58.3 Å². The van der Waals surface area contributed by atoms with Crippen LogP contribution in [-0.4, -0.2) is 43.3 Å². The van der Waals surface area contributed by atoms with Gasteiger partial charge in [0.1, 0.15) is 12.3 Å². The SMILES string of the molecule is CCCCCCCCCCCCCCc1ccccc1OC(C)CCOC(=O)C(C)[N+](C)(C)Cc1ccccc1. The minimum atomic E-state index is -0.243. The van der Waals surface area contributed by atoms with E-state index in [1.807, 2.05) is 31.2 Å². The number of para-hydroxylation sites is 1. The minimum Gasteiger partial charge on any atom is -0.490 e. The van der Waals surface area contributed by atoms with Gasteiger partial charge in [0, 0.05) is 12.0 Å². The first-order valence-corrected chi connectivity index (χ1v) is 16.1. The maximum absolute atomic E-state index is 12.8. The van der Waals surface area contributed by atoms with Crippen LogP contribution >= 0.6 is 0 Å². The molecule has 0 radical (unpaired) electrons. The molecule has 0 fully saturated rings. The fourth-order valence-electron chi connectivity index (χ4n) is 5.18. The third-order valence-corrected chi connectivity index (χ3v) is 8.19. The fourth-order valence-corrected chi connectivity index (χ4v) is 5.18. The summed E-state index contributed by atoms with van der Waals surface area (Å²) in [5.74, 6) is 0.818. The summed E-state index contributed by atoms with van der Waals surface area (Å²) < 4.78 is 12.5. The van der Waals surface area contributed by atoms with Gasteiger partial charge in [-0.3, -0.25) is 0 Å². The third-order valence-electron chi connectivity index (χ3n) is 8.19. The lowest BCUT2D eigenvalue weighted by atomic mass is 10.0. The average Bonchev–Trinajstić information content (AvgIpc) is 2.94. The Labute approximate surface area is 246 Å². The first kappa shape index (κ1) is 33.9. The number of quaternary nitrogens is 1. The molecule has 2 aromatic rings. The fraction of sp³-hybridized carbons (Fsp3) is 0.639. The number of carbonyl (C=O) groups excluding carboxylic acids is 1. The number of unbranched alkanes of at least 4 members (excludes halogenated alkanes) is 11. The third kappa shape index (κ3) is 13.8. The normalized spacial score (nSPS) is 13.1. The van der Waals surface area contributed by atoms with E-state index in [9.17, 15) is 4.79 Å². The smallest absolute Gasteiger partial charge is 0.364 e. The lowest BCUT2D eigenvalue weighted by Gasteiger charge is -2.34. The van der Waals surface area contributed by atoms with Crippen molar-refractivity contribution in [3.63, 3.8) is 0 Å². The Hall–Kier alpha value is -2.33. The van der Waals surface area contributed by atoms with Gasteiger partial charge in [0.05, 0.1) is 26.8 Å². The molecular formula is C36H58NO3+. The van der Waals surface area contributed by atoms with Gasteiger partial charge in [-0.2, -0.15) is 0 Å². The first-order chi connectivity index (χ1) is 19.3. The van der Waals surface area contributed by atoms with Crippen LogP contribution in [0.1, 0.15) is 115 Å². The molecule has 224 valence electrons. The predicted octanol–water partition coefficient (Wildman–Crippen LogP) is 9.30. The average molecular weight is 553 g/mol. The first-order valence-electron chi connectivity index (χ1n) is 16.1. The molecule has 0 aliphatic heterocycles. The highest BCUT2D eigenvalue weighted by molar-refractivity contribution is 5.74. The molecule has 2 atom stereocenters. The minimum absolute atomic E-state index is 0.0157. The van der Waals surface area contributed by atoms with E-state index in [0.29, 0.717) is 17.5 Å². The van der Waals surface area contributed by atoms with Gasteiger partial charge >= 0.3 is 5.97 Å². The number of likely N-dealkylation sites (N-methyl/N-ethyl adjacent to an activating group) is 1. The van der Waals surface area contributed by atoms with Gasteiger partial charge in [0.2, 0.25) is 0 Å². The van der Waals surface area contributed by atoms with Crippen LogP contribution in [0.2, 0.25) is 0 Å². The number of hydrogen-bond donors (Lipinski definition) is 0. The Bertz CT molecular complexity index is 927. The van der Waals surface area contributed by atoms with Crippen molar-refractivity contribution >= 4 is 5.97 Å². The molecule has 0 aromatic heterocycles. The molecule has 2 rings (SSSR count). The van der Waals surface area contributed by atoms with Gasteiger partial charge in [-0.1, -0.05) is 126 Å². The zero-order valence-corrected chi connectivity index (χ0v) is 26.3. The second-order valence-electron chi connectivity index (χ2n) is 12.2. The van der Waals surface area contributed by atoms with E-state index < -0.39 is 0 Å². The number of hydrogen-bond acceptors (Lipinski definition) is 3. The van der Waals surface area contributed by atoms with E-state index in [1.165, 1.54) is 88.2 Å². The monoisotopic (exact) mass is 552 g/mol. The molecule has 0 saturated carbocycles. The number of nitrogens with zero attached hydrogens (tertiary/aromatic N) is 1. The van der Waals surface area contributed by atoms with E-state index in [4.69, 9.17) is 9.47 Å². The molecule has 0 aliphatic rings. The summed E-state index contributed by atoms with van der Waals surface area (Å²) in [6.07, 6.45) is 18.1. The van der Waals surface area contributed by atoms with Gasteiger partial charge < -0.3 is 14.0 Å². The molecular weight excluding hydrogens is 494 g/mol. The number of rotatable bonds is 22. The number of carbonyl (C=O) groups is 1. The number of esters is 1. The van der Waals surface area contributed by atoms with Crippen molar-refractivity contribution in [3.05, 3.63) is 65.7 Å². The Kier molecular flexibility index (Phi) is 16.7. The summed E-state index contributed by atoms with van der Waals surface area (Å²) in [5, 5.41) is 0. The largest absolute Gasteiger partial charge is 0.490 e. The van der Waals surface area contributed by atoms with Crippen molar-refractivity contribution in [2.75, 3.05) is 20.7 Å². The topological polar surface area (TPSA) is 35.5 Å². The molecule has 4 nitrogen and oxygen atoms in total. The summed E-state index contributed by atoms with van der Waals surface area (Å²) in [4.78, 5) is 12.8. The van der Waals surface area contributed by atoms with E-state index in [-0.39, 0.29) is 18.1 Å². The highest BCUT2D eigenvalue weighted by Gasteiger charge is 2.32. The van der Waals surface area contributed by atoms with Gasteiger partial charge in [-0.05, 0) is 38.3 Å². The summed E-state index contributed by atoms with van der Waals surface area (Å²) in [7, 11) is 4.16. The van der Waals surface area contributed by atoms with Crippen LogP contribution in [0.5, 0.6) is 5.75 Å². The second kappa shape index (κ2) is 19.7. The zero-order chi connectivity index (χ0) is 29.1. The Morgan fingerprint density at radius 3 is 1.93 bits per heavy atom. The summed E-state index contributed by atoms with van der Waals surface area (Å²) in [6, 6.07) is 18.5. The van der Waals surface area contributed by atoms with E-state index in [0.717, 1.165) is 18.7 Å². The van der Waals surface area contributed by atoms with Crippen LogP contribution in [0.4, 0.5) is 0 Å². The van der Waals surface area contributed by atoms with Gasteiger partial charge in [-0.15, -0.1) is 0 Å². The summed E-state index contributed by atoms with van der Waals surface area (Å²) in [5.41, 5.74) is 2.50. The van der Waals surface area contributed by atoms with Crippen molar-refractivity contribution in [1.29, 1.82) is 0 Å². The van der Waals surface area contributed by atoms with Crippen molar-refractivity contribution < 1.29 is 18.8 Å². The lowest BCUT2D eigenvalue weighted by molar-refractivity contribution is -0.917. The maximum atomic E-state index is 12.8. The molecule has 0 aliphatic carbocycles. The molecule has 40 heavy (non-hydrogen) atoms. The molecule has 0 bridgehead atoms. The van der Waals surface area contributed by atoms with Gasteiger partial charge in [-0.25, -0.2) is 4.79 Å². The lowest BCUT2D eigenvalue weighted by Crippen LogP contribution is -2.51. The van der Waals surface area contributed by atoms with E-state index >= 15 is 0 Å². The molecule has 0 amide bonds. The van der Waals surface area contributed by atoms with E-state index in [1.54, 1.807) is 0 Å². The molecule has 4 heteroatoms. The summed E-state index contributed by atoms with van der Waals surface area (Å²) >= 11 is 0. The highest BCUT2D eigenvalue weighted by Crippen LogP contribution is 2.23. The quantitative estimate of drug-likeness (QED) is 0.0829. The van der Waals surface area contributed by atoms with Crippen molar-refractivity contribution in [1.82, 2.24) is 0 Å². The Balaban J connectivity index is 1.63. The number of aryl methyl sites for hydroxylation is 1. The molecule has 0 spiro atoms. The standard InChI is InChI=1S/C36H58NO3/c1-6-7-8-9-10-11-12-13-14-15-16-20-25-34-26-21-22-27-35(34)40-31(2)28-29-39-36(38)32(3)37(4,5)30-33-23-18-17-19-24-33/h17-19,21-24,26-27,31-32H,6-16,20,25,28-30H2,1-5H3/q+1. The Morgan fingerprint density at radius 1 is 0.750 bits per heavy atom. The van der Waals surface area contributed by atoms with Crippen LogP contribution < -0.4 is 4.74 Å². The highest BCUT2D eigenvalue weighted by atomic mass is 16.5. The summed E-state index contributed by atoms with van der Waals surface area (Å²) in [6.45, 7) is 7.46. The molecule has 2 unspecified atom stereocenters. The van der Waals surface area contributed by atoms with Crippen LogP contribution in [0, 0.1) is 0 Å². The van der Waals surface area contributed by atoms with Crippen LogP contribution in [-0.2, 0) is 22.5 Å². The Morgan fingerprint density at radius 2 is 1.30 bits per heavy atom. The molecule has 2 aromatic carbocycles. The molecule has 0 N–H and O–H groups in total. The zero-order valence-electron chi connectivity index (χ0n) is 26.3. The van der Waals surface area contributed by atoms with Crippen LogP contribution in [0.25, 0.3) is 0 Å². The predicted molar refractivity (Wildman–Crippen MR) is 169 cm³/mol. The van der Waals surface area contributed by atoms with Gasteiger partial charge in [0.25, 0.3) is 0 Å². The molecule has 0 saturated heterocycles. The van der Waals surface area contributed by atoms with Crippen LogP contribution in [0.15, 0.2) is 54.6 Å². The van der Waals surface area contributed by atoms with Crippen LogP contribution in [0.3, 0.4) is 0 Å². The van der Waals surface area contributed by atoms with Crippen molar-refractivity contribution in [3.8, 4) is 5.75 Å². The number of ether oxygens (including phenoxy) is 2. The molecule has 0 heterocycles. The number of benzene rings is 2. The second-order valence-corrected chi connectivity index (χ2v) is 12.2. The maximum Gasteiger partial charge on any atom is 0.364 e. The van der Waals surface area contributed by atoms with Crippen molar-refractivity contribution in [2.45, 2.75) is 129 Å². The van der Waals surface area contributed by atoms with Crippen molar-refractivity contribution in [2.24, 2.45) is 0 Å². The van der Waals surface area contributed by atoms with Gasteiger partial charge in [0.15, 0.2) is 6.04 Å².